The fraction of sp³-hybridized carbons (Fsp3) is 0.286. The number of rotatable bonds is 5. The van der Waals surface area contributed by atoms with E-state index in [1.165, 1.54) is 6.07 Å². The molecular formula is C14H16BrFN4. The summed E-state index contributed by atoms with van der Waals surface area (Å²) in [6, 6.07) is 6.62. The van der Waals surface area contributed by atoms with Crippen LogP contribution in [-0.2, 0) is 0 Å². The molecule has 0 unspecified atom stereocenters. The van der Waals surface area contributed by atoms with Gasteiger partial charge in [-0.15, -0.1) is 0 Å². The number of hydrogen-bond donors (Lipinski definition) is 2. The summed E-state index contributed by atoms with van der Waals surface area (Å²) in [5.74, 6) is 0.780. The van der Waals surface area contributed by atoms with Crippen molar-refractivity contribution in [3.8, 4) is 0 Å². The Bertz CT molecular complexity index is 604. The molecule has 4 nitrogen and oxygen atoms in total. The Balaban J connectivity index is 2.21. The second-order valence-electron chi connectivity index (χ2n) is 4.39. The molecule has 6 heteroatoms. The van der Waals surface area contributed by atoms with Crippen molar-refractivity contribution in [2.24, 2.45) is 0 Å². The van der Waals surface area contributed by atoms with Crippen molar-refractivity contribution in [3.05, 3.63) is 40.2 Å². The van der Waals surface area contributed by atoms with Gasteiger partial charge in [-0.2, -0.15) is 4.98 Å². The lowest BCUT2D eigenvalue weighted by atomic mass is 10.3. The highest BCUT2D eigenvalue weighted by Crippen LogP contribution is 2.23. The van der Waals surface area contributed by atoms with E-state index in [9.17, 15) is 4.39 Å². The molecule has 2 N–H and O–H groups in total. The third kappa shape index (κ3) is 3.90. The Morgan fingerprint density at radius 2 is 2.05 bits per heavy atom. The summed E-state index contributed by atoms with van der Waals surface area (Å²) in [6.45, 7) is 4.75. The van der Waals surface area contributed by atoms with E-state index in [1.807, 2.05) is 6.92 Å². The number of hydrogen-bond acceptors (Lipinski definition) is 4. The van der Waals surface area contributed by atoms with Crippen LogP contribution in [0.15, 0.2) is 28.7 Å². The molecule has 0 saturated heterocycles. The number of aromatic nitrogens is 2. The van der Waals surface area contributed by atoms with Crippen LogP contribution in [0, 0.1) is 12.7 Å². The molecule has 1 heterocycles. The molecule has 0 spiro atoms. The minimum Gasteiger partial charge on any atom is -0.354 e. The predicted octanol–water partition coefficient (Wildman–Crippen LogP) is 4.25. The molecule has 1 aromatic carbocycles. The minimum absolute atomic E-state index is 0.335. The van der Waals surface area contributed by atoms with Crippen LogP contribution in [-0.4, -0.2) is 16.5 Å². The third-order valence-electron chi connectivity index (χ3n) is 2.58. The van der Waals surface area contributed by atoms with Crippen LogP contribution in [0.3, 0.4) is 0 Å². The smallest absolute Gasteiger partial charge is 0.224 e. The fourth-order valence-corrected chi connectivity index (χ4v) is 2.01. The van der Waals surface area contributed by atoms with Crippen LogP contribution in [0.2, 0.25) is 0 Å². The number of anilines is 3. The SMILES string of the molecule is CCCNc1nc(C)cc(Nc2ccc(Br)cc2F)n1. The van der Waals surface area contributed by atoms with Crippen molar-refractivity contribution in [1.29, 1.82) is 0 Å². The van der Waals surface area contributed by atoms with Gasteiger partial charge in [-0.25, -0.2) is 9.37 Å². The molecule has 1 aromatic heterocycles. The Morgan fingerprint density at radius 1 is 1.25 bits per heavy atom. The van der Waals surface area contributed by atoms with Crippen LogP contribution >= 0.6 is 15.9 Å². The summed E-state index contributed by atoms with van der Waals surface area (Å²) in [4.78, 5) is 8.60. The Labute approximate surface area is 126 Å². The normalized spacial score (nSPS) is 10.4. The van der Waals surface area contributed by atoms with Gasteiger partial charge in [0.05, 0.1) is 5.69 Å². The molecule has 0 aliphatic heterocycles. The van der Waals surface area contributed by atoms with Crippen molar-refractivity contribution >= 4 is 33.4 Å². The number of nitrogens with one attached hydrogen (secondary N) is 2. The maximum absolute atomic E-state index is 13.8. The molecule has 0 saturated carbocycles. The van der Waals surface area contributed by atoms with E-state index in [-0.39, 0.29) is 5.82 Å². The maximum atomic E-state index is 13.8. The zero-order valence-electron chi connectivity index (χ0n) is 11.4. The monoisotopic (exact) mass is 338 g/mol. The van der Waals surface area contributed by atoms with Crippen LogP contribution in [0.25, 0.3) is 0 Å². The number of halogens is 2. The molecule has 2 rings (SSSR count). The molecule has 0 radical (unpaired) electrons. The predicted molar refractivity (Wildman–Crippen MR) is 82.9 cm³/mol. The van der Waals surface area contributed by atoms with Crippen molar-refractivity contribution in [1.82, 2.24) is 9.97 Å². The maximum Gasteiger partial charge on any atom is 0.224 e. The molecule has 0 aliphatic carbocycles. The van der Waals surface area contributed by atoms with Crippen molar-refractivity contribution in [3.63, 3.8) is 0 Å². The molecule has 0 amide bonds. The Kier molecular flexibility index (Phi) is 4.89. The summed E-state index contributed by atoms with van der Waals surface area (Å²) in [5, 5.41) is 6.09. The van der Waals surface area contributed by atoms with E-state index >= 15 is 0 Å². The van der Waals surface area contributed by atoms with Gasteiger partial charge < -0.3 is 10.6 Å². The summed E-state index contributed by atoms with van der Waals surface area (Å²) in [7, 11) is 0. The number of nitrogens with zero attached hydrogens (tertiary/aromatic N) is 2. The highest BCUT2D eigenvalue weighted by atomic mass is 79.9. The van der Waals surface area contributed by atoms with E-state index in [4.69, 9.17) is 0 Å². The van der Waals surface area contributed by atoms with Gasteiger partial charge >= 0.3 is 0 Å². The summed E-state index contributed by atoms with van der Waals surface area (Å²) >= 11 is 3.23. The first kappa shape index (κ1) is 14.7. The number of benzene rings is 1. The first-order chi connectivity index (χ1) is 9.58. The average molecular weight is 339 g/mol. The fourth-order valence-electron chi connectivity index (χ4n) is 1.68. The summed E-state index contributed by atoms with van der Waals surface area (Å²) < 4.78 is 14.5. The van der Waals surface area contributed by atoms with E-state index in [2.05, 4.69) is 43.5 Å². The van der Waals surface area contributed by atoms with E-state index < -0.39 is 0 Å². The van der Waals surface area contributed by atoms with Crippen molar-refractivity contribution < 1.29 is 4.39 Å². The van der Waals surface area contributed by atoms with Gasteiger partial charge in [-0.1, -0.05) is 22.9 Å². The zero-order chi connectivity index (χ0) is 14.5. The first-order valence-corrected chi connectivity index (χ1v) is 7.19. The van der Waals surface area contributed by atoms with Gasteiger partial charge in [0, 0.05) is 22.8 Å². The van der Waals surface area contributed by atoms with Crippen LogP contribution in [0.5, 0.6) is 0 Å². The lowest BCUT2D eigenvalue weighted by molar-refractivity contribution is 0.631. The van der Waals surface area contributed by atoms with Gasteiger partial charge in [-0.3, -0.25) is 0 Å². The minimum atomic E-state index is -0.335. The zero-order valence-corrected chi connectivity index (χ0v) is 13.0. The third-order valence-corrected chi connectivity index (χ3v) is 3.07. The highest BCUT2D eigenvalue weighted by Gasteiger charge is 2.06. The van der Waals surface area contributed by atoms with Gasteiger partial charge in [0.2, 0.25) is 5.95 Å². The van der Waals surface area contributed by atoms with Gasteiger partial charge in [0.1, 0.15) is 11.6 Å². The molecule has 0 bridgehead atoms. The van der Waals surface area contributed by atoms with Crippen molar-refractivity contribution in [2.75, 3.05) is 17.2 Å². The Morgan fingerprint density at radius 3 is 2.75 bits per heavy atom. The quantitative estimate of drug-likeness (QED) is 0.855. The van der Waals surface area contributed by atoms with Gasteiger partial charge in [-0.05, 0) is 31.5 Å². The van der Waals surface area contributed by atoms with E-state index in [1.54, 1.807) is 18.2 Å². The Hall–Kier alpha value is -1.69. The highest BCUT2D eigenvalue weighted by molar-refractivity contribution is 9.10. The number of aryl methyl sites for hydroxylation is 1. The molecule has 0 fully saturated rings. The lowest BCUT2D eigenvalue weighted by Gasteiger charge is -2.10. The topological polar surface area (TPSA) is 49.8 Å². The second kappa shape index (κ2) is 6.65. The van der Waals surface area contributed by atoms with E-state index in [0.717, 1.165) is 18.7 Å². The summed E-state index contributed by atoms with van der Waals surface area (Å²) in [5.41, 5.74) is 1.20. The first-order valence-electron chi connectivity index (χ1n) is 6.40. The summed E-state index contributed by atoms with van der Waals surface area (Å²) in [6.07, 6.45) is 0.988. The van der Waals surface area contributed by atoms with Crippen LogP contribution in [0.1, 0.15) is 19.0 Å². The molecule has 0 aliphatic rings. The standard InChI is InChI=1S/C14H16BrFN4/c1-3-6-17-14-18-9(2)7-13(20-14)19-12-5-4-10(15)8-11(12)16/h4-5,7-8H,3,6H2,1-2H3,(H2,17,18,19,20). The van der Waals surface area contributed by atoms with E-state index in [0.29, 0.717) is 21.9 Å². The molecule has 0 atom stereocenters. The van der Waals surface area contributed by atoms with Gasteiger partial charge in [0.25, 0.3) is 0 Å². The molecule has 106 valence electrons. The van der Waals surface area contributed by atoms with Crippen LogP contribution < -0.4 is 10.6 Å². The molecular weight excluding hydrogens is 323 g/mol. The second-order valence-corrected chi connectivity index (χ2v) is 5.31. The van der Waals surface area contributed by atoms with Crippen molar-refractivity contribution in [2.45, 2.75) is 20.3 Å². The van der Waals surface area contributed by atoms with Gasteiger partial charge in [0.15, 0.2) is 0 Å². The average Bonchev–Trinajstić information content (AvgIpc) is 2.39. The lowest BCUT2D eigenvalue weighted by Crippen LogP contribution is -2.07. The van der Waals surface area contributed by atoms with Crippen LogP contribution in [0.4, 0.5) is 21.8 Å². The largest absolute Gasteiger partial charge is 0.354 e. The molecule has 2 aromatic rings. The molecule has 20 heavy (non-hydrogen) atoms.